The molecule has 1 rings (SSSR count). The predicted molar refractivity (Wildman–Crippen MR) is 91.5 cm³/mol. The van der Waals surface area contributed by atoms with Crippen LogP contribution in [-0.2, 0) is 6.54 Å². The number of hydrogen-bond donors (Lipinski definition) is 1. The van der Waals surface area contributed by atoms with Gasteiger partial charge in [0.1, 0.15) is 0 Å². The van der Waals surface area contributed by atoms with Crippen molar-refractivity contribution in [3.63, 3.8) is 0 Å². The zero-order valence-electron chi connectivity index (χ0n) is 14.5. The van der Waals surface area contributed by atoms with E-state index in [4.69, 9.17) is 0 Å². The summed E-state index contributed by atoms with van der Waals surface area (Å²) in [5, 5.41) is 3.74. The summed E-state index contributed by atoms with van der Waals surface area (Å²) in [7, 11) is 2.23. The fourth-order valence-electron chi connectivity index (χ4n) is 3.03. The maximum Gasteiger partial charge on any atom is 0.0547 e. The van der Waals surface area contributed by atoms with E-state index in [-0.39, 0.29) is 0 Å². The quantitative estimate of drug-likeness (QED) is 0.711. The second kappa shape index (κ2) is 9.91. The Morgan fingerprint density at radius 3 is 2.52 bits per heavy atom. The molecule has 0 amide bonds. The molecular weight excluding hydrogens is 258 g/mol. The lowest BCUT2D eigenvalue weighted by Gasteiger charge is -2.34. The average Bonchev–Trinajstić information content (AvgIpc) is 2.45. The molecule has 0 aromatic carbocycles. The zero-order valence-corrected chi connectivity index (χ0v) is 14.5. The first-order chi connectivity index (χ1) is 10.1. The van der Waals surface area contributed by atoms with Crippen molar-refractivity contribution in [2.75, 3.05) is 13.6 Å². The third-order valence-electron chi connectivity index (χ3n) is 4.06. The Bertz CT molecular complexity index is 392. The van der Waals surface area contributed by atoms with Crippen LogP contribution in [0.5, 0.6) is 0 Å². The SMILES string of the molecule is CCCNC(CCC)C(CC)N(C)Cc1cccc(C)n1. The summed E-state index contributed by atoms with van der Waals surface area (Å²) in [6.07, 6.45) is 4.84. The fraction of sp³-hybridized carbons (Fsp3) is 0.722. The lowest BCUT2D eigenvalue weighted by atomic mass is 9.99. The van der Waals surface area contributed by atoms with Crippen LogP contribution < -0.4 is 5.32 Å². The van der Waals surface area contributed by atoms with Crippen LogP contribution in [0.2, 0.25) is 0 Å². The molecule has 0 spiro atoms. The van der Waals surface area contributed by atoms with Gasteiger partial charge in [0.05, 0.1) is 5.69 Å². The Hall–Kier alpha value is -0.930. The third-order valence-corrected chi connectivity index (χ3v) is 4.06. The first-order valence-electron chi connectivity index (χ1n) is 8.48. The van der Waals surface area contributed by atoms with Crippen molar-refractivity contribution in [3.8, 4) is 0 Å². The smallest absolute Gasteiger partial charge is 0.0547 e. The van der Waals surface area contributed by atoms with Gasteiger partial charge >= 0.3 is 0 Å². The zero-order chi connectivity index (χ0) is 15.7. The highest BCUT2D eigenvalue weighted by Crippen LogP contribution is 2.15. The van der Waals surface area contributed by atoms with Crippen molar-refractivity contribution in [1.82, 2.24) is 15.2 Å². The molecule has 0 saturated carbocycles. The van der Waals surface area contributed by atoms with E-state index in [0.29, 0.717) is 12.1 Å². The van der Waals surface area contributed by atoms with E-state index in [1.807, 2.05) is 0 Å². The Balaban J connectivity index is 2.70. The molecule has 2 atom stereocenters. The standard InChI is InChI=1S/C18H33N3/c1-6-10-17(19-13-7-2)18(8-3)21(5)14-16-12-9-11-15(4)20-16/h9,11-12,17-19H,6-8,10,13-14H2,1-5H3. The molecule has 0 radical (unpaired) electrons. The van der Waals surface area contributed by atoms with Crippen molar-refractivity contribution < 1.29 is 0 Å². The van der Waals surface area contributed by atoms with Crippen molar-refractivity contribution in [2.45, 2.75) is 72.0 Å². The molecule has 0 fully saturated rings. The summed E-state index contributed by atoms with van der Waals surface area (Å²) >= 11 is 0. The van der Waals surface area contributed by atoms with E-state index < -0.39 is 0 Å². The Morgan fingerprint density at radius 1 is 1.19 bits per heavy atom. The van der Waals surface area contributed by atoms with Crippen LogP contribution >= 0.6 is 0 Å². The van der Waals surface area contributed by atoms with Crippen molar-refractivity contribution >= 4 is 0 Å². The fourth-order valence-corrected chi connectivity index (χ4v) is 3.03. The van der Waals surface area contributed by atoms with Gasteiger partial charge in [0.2, 0.25) is 0 Å². The molecule has 0 bridgehead atoms. The van der Waals surface area contributed by atoms with Gasteiger partial charge in [-0.1, -0.05) is 33.3 Å². The summed E-state index contributed by atoms with van der Waals surface area (Å²) in [5.74, 6) is 0. The van der Waals surface area contributed by atoms with E-state index in [9.17, 15) is 0 Å². The molecule has 0 aliphatic carbocycles. The van der Waals surface area contributed by atoms with Gasteiger partial charge in [-0.25, -0.2) is 0 Å². The van der Waals surface area contributed by atoms with Crippen LogP contribution in [0.25, 0.3) is 0 Å². The minimum absolute atomic E-state index is 0.568. The first kappa shape index (κ1) is 18.1. The molecule has 1 heterocycles. The van der Waals surface area contributed by atoms with Crippen LogP contribution in [0.15, 0.2) is 18.2 Å². The van der Waals surface area contributed by atoms with Gasteiger partial charge in [0.15, 0.2) is 0 Å². The molecule has 3 nitrogen and oxygen atoms in total. The molecule has 1 N–H and O–H groups in total. The molecule has 21 heavy (non-hydrogen) atoms. The van der Waals surface area contributed by atoms with E-state index in [1.54, 1.807) is 0 Å². The number of likely N-dealkylation sites (N-methyl/N-ethyl adjacent to an activating group) is 1. The molecule has 0 aliphatic rings. The third kappa shape index (κ3) is 6.15. The molecular formula is C18H33N3. The van der Waals surface area contributed by atoms with E-state index in [1.165, 1.54) is 31.4 Å². The number of nitrogens with one attached hydrogen (secondary N) is 1. The van der Waals surface area contributed by atoms with E-state index in [2.05, 4.69) is 68.1 Å². The maximum absolute atomic E-state index is 4.64. The lowest BCUT2D eigenvalue weighted by Crippen LogP contribution is -2.48. The molecule has 1 aromatic rings. The van der Waals surface area contributed by atoms with Crippen LogP contribution in [0.4, 0.5) is 0 Å². The van der Waals surface area contributed by atoms with E-state index >= 15 is 0 Å². The highest BCUT2D eigenvalue weighted by atomic mass is 15.2. The van der Waals surface area contributed by atoms with Gasteiger partial charge in [-0.05, 0) is 51.9 Å². The van der Waals surface area contributed by atoms with Gasteiger partial charge in [0, 0.05) is 24.3 Å². The maximum atomic E-state index is 4.64. The summed E-state index contributed by atoms with van der Waals surface area (Å²) in [5.41, 5.74) is 2.27. The average molecular weight is 291 g/mol. The second-order valence-corrected chi connectivity index (χ2v) is 6.01. The molecule has 0 saturated heterocycles. The van der Waals surface area contributed by atoms with Crippen LogP contribution in [-0.4, -0.2) is 35.6 Å². The van der Waals surface area contributed by atoms with Gasteiger partial charge < -0.3 is 5.32 Å². The van der Waals surface area contributed by atoms with Crippen LogP contribution in [0, 0.1) is 6.92 Å². The van der Waals surface area contributed by atoms with Crippen molar-refractivity contribution in [3.05, 3.63) is 29.6 Å². The second-order valence-electron chi connectivity index (χ2n) is 6.01. The molecule has 1 aromatic heterocycles. The Labute approximate surface area is 131 Å². The molecule has 0 aliphatic heterocycles. The number of nitrogens with zero attached hydrogens (tertiary/aromatic N) is 2. The Kier molecular flexibility index (Phi) is 8.55. The topological polar surface area (TPSA) is 28.2 Å². The summed E-state index contributed by atoms with van der Waals surface area (Å²) in [6.45, 7) is 10.9. The van der Waals surface area contributed by atoms with Crippen LogP contribution in [0.3, 0.4) is 0 Å². The van der Waals surface area contributed by atoms with Gasteiger partial charge in [0.25, 0.3) is 0 Å². The Morgan fingerprint density at radius 2 is 1.95 bits per heavy atom. The number of rotatable bonds is 10. The molecule has 2 unspecified atom stereocenters. The molecule has 3 heteroatoms. The molecule has 120 valence electrons. The first-order valence-corrected chi connectivity index (χ1v) is 8.48. The van der Waals surface area contributed by atoms with Gasteiger partial charge in [-0.15, -0.1) is 0 Å². The monoisotopic (exact) mass is 291 g/mol. The minimum Gasteiger partial charge on any atom is -0.312 e. The largest absolute Gasteiger partial charge is 0.312 e. The summed E-state index contributed by atoms with van der Waals surface area (Å²) in [4.78, 5) is 7.10. The lowest BCUT2D eigenvalue weighted by molar-refractivity contribution is 0.170. The number of aromatic nitrogens is 1. The van der Waals surface area contributed by atoms with Crippen molar-refractivity contribution in [2.24, 2.45) is 0 Å². The number of hydrogen-bond acceptors (Lipinski definition) is 3. The number of aryl methyl sites for hydroxylation is 1. The van der Waals surface area contributed by atoms with Gasteiger partial charge in [-0.2, -0.15) is 0 Å². The van der Waals surface area contributed by atoms with Crippen LogP contribution in [0.1, 0.15) is 57.8 Å². The van der Waals surface area contributed by atoms with E-state index in [0.717, 1.165) is 18.8 Å². The highest BCUT2D eigenvalue weighted by molar-refractivity contribution is 5.10. The summed E-state index contributed by atoms with van der Waals surface area (Å²) in [6, 6.07) is 7.44. The summed E-state index contributed by atoms with van der Waals surface area (Å²) < 4.78 is 0. The normalized spacial score (nSPS) is 14.4. The van der Waals surface area contributed by atoms with Crippen molar-refractivity contribution in [1.29, 1.82) is 0 Å². The minimum atomic E-state index is 0.568. The highest BCUT2D eigenvalue weighted by Gasteiger charge is 2.22. The predicted octanol–water partition coefficient (Wildman–Crippen LogP) is 3.77. The number of pyridine rings is 1. The van der Waals surface area contributed by atoms with Gasteiger partial charge in [-0.3, -0.25) is 9.88 Å².